The Morgan fingerprint density at radius 2 is 1.93 bits per heavy atom. The van der Waals surface area contributed by atoms with Gasteiger partial charge in [0.1, 0.15) is 12.2 Å². The molecule has 3 unspecified atom stereocenters. The summed E-state index contributed by atoms with van der Waals surface area (Å²) in [6, 6.07) is 16.1. The summed E-state index contributed by atoms with van der Waals surface area (Å²) in [5, 5.41) is 0.676. The highest BCUT2D eigenvalue weighted by atomic mass is 35.5. The Balaban J connectivity index is 1.79. The standard InChI is InChI=1S/C24H26ClNO2/c1-3-5-21-24(27)26(15-17-10-11-17)22(18-12-8-16(2)9-13-18)23(28-21)19-6-4-7-20(25)14-19/h3-4,6-9,12-14,17,21-23H,1,5,10-11,15H2,2H3. The summed E-state index contributed by atoms with van der Waals surface area (Å²) in [6.45, 7) is 6.67. The second-order valence-electron chi connectivity index (χ2n) is 7.91. The lowest BCUT2D eigenvalue weighted by Crippen LogP contribution is -2.51. The summed E-state index contributed by atoms with van der Waals surface area (Å²) in [4.78, 5) is 15.3. The summed E-state index contributed by atoms with van der Waals surface area (Å²) < 4.78 is 6.39. The van der Waals surface area contributed by atoms with Gasteiger partial charge in [-0.25, -0.2) is 0 Å². The van der Waals surface area contributed by atoms with Crippen LogP contribution >= 0.6 is 11.6 Å². The van der Waals surface area contributed by atoms with Crippen LogP contribution in [0.5, 0.6) is 0 Å². The van der Waals surface area contributed by atoms with Crippen LogP contribution in [0.25, 0.3) is 0 Å². The molecular formula is C24H26ClNO2. The van der Waals surface area contributed by atoms with Crippen molar-refractivity contribution in [2.45, 2.75) is 44.4 Å². The number of hydrogen-bond donors (Lipinski definition) is 0. The first kappa shape index (κ1) is 19.2. The third kappa shape index (κ3) is 4.01. The predicted molar refractivity (Wildman–Crippen MR) is 112 cm³/mol. The molecule has 0 bridgehead atoms. The minimum absolute atomic E-state index is 0.0654. The summed E-state index contributed by atoms with van der Waals surface area (Å²) in [5.74, 6) is 0.662. The van der Waals surface area contributed by atoms with Crippen LogP contribution in [-0.4, -0.2) is 23.5 Å². The molecule has 3 nitrogen and oxygen atoms in total. The van der Waals surface area contributed by atoms with E-state index in [1.807, 2.05) is 29.2 Å². The Bertz CT molecular complexity index is 859. The number of hydrogen-bond acceptors (Lipinski definition) is 2. The number of nitrogens with zero attached hydrogens (tertiary/aromatic N) is 1. The molecule has 1 amide bonds. The zero-order chi connectivity index (χ0) is 19.7. The normalized spacial score (nSPS) is 25.0. The molecule has 4 heteroatoms. The molecule has 0 N–H and O–H groups in total. The smallest absolute Gasteiger partial charge is 0.252 e. The van der Waals surface area contributed by atoms with E-state index in [0.717, 1.165) is 17.7 Å². The van der Waals surface area contributed by atoms with E-state index in [1.54, 1.807) is 6.08 Å². The zero-order valence-electron chi connectivity index (χ0n) is 16.2. The molecule has 2 aromatic carbocycles. The molecule has 1 aliphatic heterocycles. The van der Waals surface area contributed by atoms with E-state index in [2.05, 4.69) is 37.8 Å². The van der Waals surface area contributed by atoms with E-state index in [0.29, 0.717) is 17.4 Å². The van der Waals surface area contributed by atoms with Gasteiger partial charge in [0.15, 0.2) is 0 Å². The van der Waals surface area contributed by atoms with E-state index in [4.69, 9.17) is 16.3 Å². The van der Waals surface area contributed by atoms with Crippen LogP contribution in [0.3, 0.4) is 0 Å². The maximum atomic E-state index is 13.3. The molecule has 1 saturated heterocycles. The molecule has 0 aromatic heterocycles. The van der Waals surface area contributed by atoms with Crippen LogP contribution in [0.15, 0.2) is 61.2 Å². The van der Waals surface area contributed by atoms with Crippen LogP contribution in [0, 0.1) is 12.8 Å². The molecule has 2 aliphatic rings. The monoisotopic (exact) mass is 395 g/mol. The number of morpholine rings is 1. The van der Waals surface area contributed by atoms with Gasteiger partial charge in [-0.3, -0.25) is 4.79 Å². The first-order chi connectivity index (χ1) is 13.6. The molecule has 2 aromatic rings. The van der Waals surface area contributed by atoms with Crippen molar-refractivity contribution in [1.82, 2.24) is 4.90 Å². The van der Waals surface area contributed by atoms with Gasteiger partial charge in [-0.15, -0.1) is 6.58 Å². The van der Waals surface area contributed by atoms with E-state index in [-0.39, 0.29) is 18.1 Å². The highest BCUT2D eigenvalue weighted by Crippen LogP contribution is 2.45. The quantitative estimate of drug-likeness (QED) is 0.592. The Morgan fingerprint density at radius 1 is 1.18 bits per heavy atom. The van der Waals surface area contributed by atoms with Crippen molar-refractivity contribution in [3.63, 3.8) is 0 Å². The van der Waals surface area contributed by atoms with Crippen molar-refractivity contribution in [3.8, 4) is 0 Å². The lowest BCUT2D eigenvalue weighted by molar-refractivity contribution is -0.174. The molecule has 1 heterocycles. The lowest BCUT2D eigenvalue weighted by atomic mass is 9.90. The second kappa shape index (κ2) is 8.10. The van der Waals surface area contributed by atoms with E-state index in [1.165, 1.54) is 18.4 Å². The topological polar surface area (TPSA) is 29.5 Å². The maximum Gasteiger partial charge on any atom is 0.252 e. The lowest BCUT2D eigenvalue weighted by Gasteiger charge is -2.45. The third-order valence-electron chi connectivity index (χ3n) is 5.62. The average Bonchev–Trinajstić information content (AvgIpc) is 3.50. The number of halogens is 1. The largest absolute Gasteiger partial charge is 0.358 e. The number of benzene rings is 2. The molecule has 4 rings (SSSR count). The third-order valence-corrected chi connectivity index (χ3v) is 5.86. The highest BCUT2D eigenvalue weighted by Gasteiger charge is 2.45. The van der Waals surface area contributed by atoms with Gasteiger partial charge in [-0.05, 0) is 48.9 Å². The van der Waals surface area contributed by atoms with Gasteiger partial charge < -0.3 is 9.64 Å². The zero-order valence-corrected chi connectivity index (χ0v) is 16.9. The number of aryl methyl sites for hydroxylation is 1. The highest BCUT2D eigenvalue weighted by molar-refractivity contribution is 6.30. The van der Waals surface area contributed by atoms with Gasteiger partial charge in [0, 0.05) is 18.0 Å². The first-order valence-electron chi connectivity index (χ1n) is 9.95. The van der Waals surface area contributed by atoms with Gasteiger partial charge >= 0.3 is 0 Å². The molecule has 0 radical (unpaired) electrons. The fraction of sp³-hybridized carbons (Fsp3) is 0.375. The van der Waals surface area contributed by atoms with E-state index in [9.17, 15) is 4.79 Å². The van der Waals surface area contributed by atoms with Crippen molar-refractivity contribution in [3.05, 3.63) is 82.9 Å². The molecule has 1 saturated carbocycles. The van der Waals surface area contributed by atoms with Crippen molar-refractivity contribution >= 4 is 17.5 Å². The summed E-state index contributed by atoms with van der Waals surface area (Å²) in [5.41, 5.74) is 3.30. The van der Waals surface area contributed by atoms with Crippen LogP contribution in [0.2, 0.25) is 5.02 Å². The van der Waals surface area contributed by atoms with Crippen LogP contribution in [-0.2, 0) is 9.53 Å². The first-order valence-corrected chi connectivity index (χ1v) is 10.3. The molecule has 0 spiro atoms. The number of ether oxygens (including phenoxy) is 1. The maximum absolute atomic E-state index is 13.3. The summed E-state index contributed by atoms with van der Waals surface area (Å²) >= 11 is 6.28. The minimum atomic E-state index is -0.498. The van der Waals surface area contributed by atoms with Crippen molar-refractivity contribution in [2.75, 3.05) is 6.54 Å². The Kier molecular flexibility index (Phi) is 5.56. The number of carbonyl (C=O) groups is 1. The average molecular weight is 396 g/mol. The van der Waals surface area contributed by atoms with Crippen LogP contribution in [0.4, 0.5) is 0 Å². The number of carbonyl (C=O) groups excluding carboxylic acids is 1. The molecular weight excluding hydrogens is 370 g/mol. The SMILES string of the molecule is C=CCC1OC(c2cccc(Cl)c2)C(c2ccc(C)cc2)N(CC2CC2)C1=O. The number of amides is 1. The summed E-state index contributed by atoms with van der Waals surface area (Å²) in [6.07, 6.45) is 3.90. The van der Waals surface area contributed by atoms with Crippen LogP contribution in [0.1, 0.15) is 48.1 Å². The fourth-order valence-electron chi connectivity index (χ4n) is 3.95. The van der Waals surface area contributed by atoms with E-state index < -0.39 is 6.10 Å². The van der Waals surface area contributed by atoms with Gasteiger partial charge in [0.2, 0.25) is 0 Å². The second-order valence-corrected chi connectivity index (χ2v) is 8.35. The Labute approximate surface area is 172 Å². The molecule has 1 aliphatic carbocycles. The molecule has 146 valence electrons. The fourth-order valence-corrected chi connectivity index (χ4v) is 4.15. The molecule has 3 atom stereocenters. The van der Waals surface area contributed by atoms with Gasteiger partial charge in [-0.1, -0.05) is 59.6 Å². The van der Waals surface area contributed by atoms with Crippen molar-refractivity contribution in [2.24, 2.45) is 5.92 Å². The van der Waals surface area contributed by atoms with Crippen molar-refractivity contribution in [1.29, 1.82) is 0 Å². The van der Waals surface area contributed by atoms with Gasteiger partial charge in [0.05, 0.1) is 6.04 Å². The Morgan fingerprint density at radius 3 is 2.57 bits per heavy atom. The van der Waals surface area contributed by atoms with Crippen molar-refractivity contribution < 1.29 is 9.53 Å². The predicted octanol–water partition coefficient (Wildman–Crippen LogP) is 5.64. The Hall–Kier alpha value is -2.10. The molecule has 28 heavy (non-hydrogen) atoms. The van der Waals surface area contributed by atoms with Crippen LogP contribution < -0.4 is 0 Å². The number of rotatable bonds is 6. The van der Waals surface area contributed by atoms with Gasteiger partial charge in [0.25, 0.3) is 5.91 Å². The van der Waals surface area contributed by atoms with Gasteiger partial charge in [-0.2, -0.15) is 0 Å². The summed E-state index contributed by atoms with van der Waals surface area (Å²) in [7, 11) is 0. The van der Waals surface area contributed by atoms with E-state index >= 15 is 0 Å². The minimum Gasteiger partial charge on any atom is -0.358 e. The molecule has 2 fully saturated rings.